The summed E-state index contributed by atoms with van der Waals surface area (Å²) in [7, 11) is 0. The average molecular weight is 549 g/mol. The van der Waals surface area contributed by atoms with Crippen LogP contribution in [0.15, 0.2) is 67.5 Å². The lowest BCUT2D eigenvalue weighted by molar-refractivity contribution is -0.113. The number of nitrogens with zero attached hydrogens (tertiary/aromatic N) is 2. The number of nitrogens with one attached hydrogen (secondary N) is 1. The lowest BCUT2D eigenvalue weighted by Crippen LogP contribution is -2.20. The summed E-state index contributed by atoms with van der Waals surface area (Å²) in [5.74, 6) is 0.266. The van der Waals surface area contributed by atoms with Crippen molar-refractivity contribution in [2.45, 2.75) is 44.2 Å². The molecule has 0 radical (unpaired) electrons. The van der Waals surface area contributed by atoms with Crippen molar-refractivity contribution in [3.8, 4) is 0 Å². The standard InChI is InChI=1S/C23H23Br2N3OS/c24-17-7-5-16(6-8-17)21-22(28-23(27-21)13-3-1-2-4-14-23)30-15-20(29)26-19-11-9-18(25)10-12-19/h5-12H,1-4,13-15H2,(H,26,29). The van der Waals surface area contributed by atoms with Gasteiger partial charge >= 0.3 is 0 Å². The molecule has 1 N–H and O–H groups in total. The number of amides is 1. The van der Waals surface area contributed by atoms with Gasteiger partial charge in [-0.2, -0.15) is 0 Å². The van der Waals surface area contributed by atoms with Crippen LogP contribution in [0.25, 0.3) is 0 Å². The van der Waals surface area contributed by atoms with Gasteiger partial charge in [0.25, 0.3) is 0 Å². The lowest BCUT2D eigenvalue weighted by atomic mass is 10.0. The van der Waals surface area contributed by atoms with E-state index in [9.17, 15) is 4.79 Å². The predicted octanol–water partition coefficient (Wildman–Crippen LogP) is 6.84. The van der Waals surface area contributed by atoms with E-state index in [4.69, 9.17) is 9.98 Å². The quantitative estimate of drug-likeness (QED) is 0.455. The number of carbonyl (C=O) groups is 1. The third-order valence-corrected chi connectivity index (χ3v) is 7.34. The van der Waals surface area contributed by atoms with Crippen molar-refractivity contribution in [2.75, 3.05) is 11.1 Å². The van der Waals surface area contributed by atoms with Crippen LogP contribution in [0, 0.1) is 0 Å². The Morgan fingerprint density at radius 2 is 1.50 bits per heavy atom. The number of carbonyl (C=O) groups excluding carboxylic acids is 1. The molecule has 1 amide bonds. The van der Waals surface area contributed by atoms with Gasteiger partial charge in [0.05, 0.1) is 11.5 Å². The summed E-state index contributed by atoms with van der Waals surface area (Å²) in [6.07, 6.45) is 6.78. The highest BCUT2D eigenvalue weighted by molar-refractivity contribution is 9.10. The molecule has 1 aliphatic carbocycles. The highest BCUT2D eigenvalue weighted by Gasteiger charge is 2.37. The van der Waals surface area contributed by atoms with Gasteiger partial charge in [-0.15, -0.1) is 0 Å². The summed E-state index contributed by atoms with van der Waals surface area (Å²) >= 11 is 8.40. The first-order valence-corrected chi connectivity index (χ1v) is 12.7. The second kappa shape index (κ2) is 9.79. The zero-order chi connectivity index (χ0) is 21.0. The third-order valence-electron chi connectivity index (χ3n) is 5.32. The molecule has 1 fully saturated rings. The molecule has 2 aromatic rings. The van der Waals surface area contributed by atoms with Crippen molar-refractivity contribution in [3.63, 3.8) is 0 Å². The van der Waals surface area contributed by atoms with Crippen molar-refractivity contribution in [1.29, 1.82) is 0 Å². The Morgan fingerprint density at radius 1 is 0.900 bits per heavy atom. The van der Waals surface area contributed by atoms with Crippen molar-refractivity contribution >= 4 is 66.0 Å². The normalized spacial score (nSPS) is 17.9. The van der Waals surface area contributed by atoms with Gasteiger partial charge in [-0.3, -0.25) is 9.79 Å². The Kier molecular flexibility index (Phi) is 7.11. The topological polar surface area (TPSA) is 53.8 Å². The predicted molar refractivity (Wildman–Crippen MR) is 134 cm³/mol. The third kappa shape index (κ3) is 5.42. The average Bonchev–Trinajstić information content (AvgIpc) is 2.93. The van der Waals surface area contributed by atoms with E-state index in [1.54, 1.807) is 0 Å². The van der Waals surface area contributed by atoms with E-state index in [0.717, 1.165) is 56.6 Å². The molecule has 1 saturated carbocycles. The molecule has 156 valence electrons. The van der Waals surface area contributed by atoms with Crippen LogP contribution in [0.3, 0.4) is 0 Å². The highest BCUT2D eigenvalue weighted by Crippen LogP contribution is 2.38. The number of hydrogen-bond acceptors (Lipinski definition) is 4. The van der Waals surface area contributed by atoms with E-state index < -0.39 is 0 Å². The Labute approximate surface area is 198 Å². The molecule has 1 heterocycles. The van der Waals surface area contributed by atoms with Crippen molar-refractivity contribution in [1.82, 2.24) is 0 Å². The summed E-state index contributed by atoms with van der Waals surface area (Å²) in [6, 6.07) is 15.8. The maximum absolute atomic E-state index is 12.5. The van der Waals surface area contributed by atoms with Crippen molar-refractivity contribution in [2.24, 2.45) is 9.98 Å². The Morgan fingerprint density at radius 3 is 2.13 bits per heavy atom. The van der Waals surface area contributed by atoms with Crippen LogP contribution in [-0.4, -0.2) is 28.1 Å². The van der Waals surface area contributed by atoms with Gasteiger partial charge in [0.2, 0.25) is 5.91 Å². The molecular weight excluding hydrogens is 526 g/mol. The minimum Gasteiger partial charge on any atom is -0.325 e. The molecule has 0 bridgehead atoms. The number of aliphatic imine (C=N–C) groups is 2. The maximum atomic E-state index is 12.5. The van der Waals surface area contributed by atoms with E-state index in [1.165, 1.54) is 24.6 Å². The number of benzene rings is 2. The molecule has 30 heavy (non-hydrogen) atoms. The van der Waals surface area contributed by atoms with Crippen LogP contribution in [0.1, 0.15) is 44.1 Å². The molecule has 1 aliphatic heterocycles. The van der Waals surface area contributed by atoms with Crippen LogP contribution in [0.5, 0.6) is 0 Å². The summed E-state index contributed by atoms with van der Waals surface area (Å²) in [5.41, 5.74) is 2.42. The van der Waals surface area contributed by atoms with Crippen LogP contribution in [0.4, 0.5) is 5.69 Å². The molecule has 7 heteroatoms. The Bertz CT molecular complexity index is 963. The molecule has 0 atom stereocenters. The minimum atomic E-state index is -0.344. The summed E-state index contributed by atoms with van der Waals surface area (Å²) < 4.78 is 2.02. The zero-order valence-corrected chi connectivity index (χ0v) is 20.5. The second-order valence-corrected chi connectivity index (χ2v) is 10.4. The van der Waals surface area contributed by atoms with Gasteiger partial charge < -0.3 is 5.32 Å². The van der Waals surface area contributed by atoms with E-state index >= 15 is 0 Å². The number of anilines is 1. The molecule has 0 aromatic heterocycles. The monoisotopic (exact) mass is 547 g/mol. The van der Waals surface area contributed by atoms with Crippen LogP contribution < -0.4 is 5.32 Å². The maximum Gasteiger partial charge on any atom is 0.234 e. The Hall–Kier alpha value is -1.44. The van der Waals surface area contributed by atoms with E-state index in [0.29, 0.717) is 5.75 Å². The number of thioether (sulfide) groups is 1. The molecule has 4 rings (SSSR count). The molecule has 1 spiro atoms. The van der Waals surface area contributed by atoms with Gasteiger partial charge in [-0.25, -0.2) is 4.99 Å². The van der Waals surface area contributed by atoms with Crippen LogP contribution in [-0.2, 0) is 4.79 Å². The first kappa shape index (κ1) is 21.8. The SMILES string of the molecule is O=C(CSC1=NC2(CCCCCC2)N=C1c1ccc(Br)cc1)Nc1ccc(Br)cc1. The minimum absolute atomic E-state index is 0.0398. The number of hydrogen-bond donors (Lipinski definition) is 1. The first-order valence-electron chi connectivity index (χ1n) is 10.2. The molecule has 4 nitrogen and oxygen atoms in total. The van der Waals surface area contributed by atoms with Crippen molar-refractivity contribution < 1.29 is 4.79 Å². The second-order valence-electron chi connectivity index (χ2n) is 7.62. The summed E-state index contributed by atoms with van der Waals surface area (Å²) in [6.45, 7) is 0. The van der Waals surface area contributed by atoms with Crippen molar-refractivity contribution in [3.05, 3.63) is 63.0 Å². The summed E-state index contributed by atoms with van der Waals surface area (Å²) in [4.78, 5) is 22.7. The fourth-order valence-corrected chi connectivity index (χ4v) is 5.21. The van der Waals surface area contributed by atoms with Gasteiger partial charge in [-0.1, -0.05) is 68.6 Å². The number of halogens is 2. The van der Waals surface area contributed by atoms with Crippen LogP contribution >= 0.6 is 43.6 Å². The smallest absolute Gasteiger partial charge is 0.234 e. The first-order chi connectivity index (χ1) is 14.5. The fraction of sp³-hybridized carbons (Fsp3) is 0.348. The molecule has 2 aliphatic rings. The largest absolute Gasteiger partial charge is 0.325 e. The fourth-order valence-electron chi connectivity index (χ4n) is 3.80. The van der Waals surface area contributed by atoms with E-state index in [2.05, 4.69) is 49.3 Å². The molecule has 0 saturated heterocycles. The van der Waals surface area contributed by atoms with Gasteiger partial charge in [0.1, 0.15) is 5.04 Å². The molecular formula is C23H23Br2N3OS. The van der Waals surface area contributed by atoms with Gasteiger partial charge in [0, 0.05) is 20.2 Å². The lowest BCUT2D eigenvalue weighted by Gasteiger charge is -2.20. The summed E-state index contributed by atoms with van der Waals surface area (Å²) in [5, 5.41) is 3.83. The van der Waals surface area contributed by atoms with Crippen LogP contribution in [0.2, 0.25) is 0 Å². The van der Waals surface area contributed by atoms with Gasteiger partial charge in [0.15, 0.2) is 5.66 Å². The van der Waals surface area contributed by atoms with Gasteiger partial charge in [-0.05, 0) is 62.1 Å². The molecule has 2 aromatic carbocycles. The zero-order valence-electron chi connectivity index (χ0n) is 16.5. The molecule has 0 unspecified atom stereocenters. The van der Waals surface area contributed by atoms with E-state index in [-0.39, 0.29) is 11.6 Å². The highest BCUT2D eigenvalue weighted by atomic mass is 79.9. The Balaban J connectivity index is 1.51. The van der Waals surface area contributed by atoms with E-state index in [1.807, 2.05) is 36.4 Å². The number of rotatable bonds is 4.